The number of nitrogens with zero attached hydrogens (tertiary/aromatic N) is 2. The predicted molar refractivity (Wildman–Crippen MR) is 97.5 cm³/mol. The summed E-state index contributed by atoms with van der Waals surface area (Å²) < 4.78 is 0. The fraction of sp³-hybridized carbons (Fsp3) is 0.222. The summed E-state index contributed by atoms with van der Waals surface area (Å²) in [4.78, 5) is 19.0. The molecule has 118 valence electrons. The molecule has 0 saturated carbocycles. The average Bonchev–Trinajstić information content (AvgIpc) is 2.91. The summed E-state index contributed by atoms with van der Waals surface area (Å²) >= 11 is 7.54. The van der Waals surface area contributed by atoms with E-state index >= 15 is 0 Å². The van der Waals surface area contributed by atoms with E-state index in [-0.39, 0.29) is 5.91 Å². The maximum absolute atomic E-state index is 12.6. The Labute approximate surface area is 145 Å². The molecule has 0 bridgehead atoms. The third-order valence-electron chi connectivity index (χ3n) is 3.53. The minimum absolute atomic E-state index is 0.0840. The molecule has 1 heterocycles. The molecule has 1 fully saturated rings. The summed E-state index contributed by atoms with van der Waals surface area (Å²) in [5.74, 6) is 0.0840. The first kappa shape index (κ1) is 16.1. The van der Waals surface area contributed by atoms with Gasteiger partial charge in [0.05, 0.1) is 12.1 Å². The molecular weight excluding hydrogens is 328 g/mol. The molecule has 0 N–H and O–H groups in total. The van der Waals surface area contributed by atoms with Crippen LogP contribution in [-0.2, 0) is 11.2 Å². The molecule has 0 spiro atoms. The summed E-state index contributed by atoms with van der Waals surface area (Å²) in [5.41, 5.74) is 1.83. The monoisotopic (exact) mass is 344 g/mol. The lowest BCUT2D eigenvalue weighted by Crippen LogP contribution is -2.33. The number of hydrogen-bond donors (Lipinski definition) is 0. The molecule has 0 aliphatic carbocycles. The number of benzene rings is 2. The first-order valence-electron chi connectivity index (χ1n) is 7.47. The lowest BCUT2D eigenvalue weighted by molar-refractivity contribution is -0.126. The van der Waals surface area contributed by atoms with Crippen molar-refractivity contribution in [1.29, 1.82) is 0 Å². The maximum Gasteiger partial charge on any atom is 0.233 e. The third kappa shape index (κ3) is 4.15. The van der Waals surface area contributed by atoms with E-state index in [2.05, 4.69) is 11.9 Å². The van der Waals surface area contributed by atoms with Gasteiger partial charge in [0.25, 0.3) is 0 Å². The van der Waals surface area contributed by atoms with E-state index in [1.54, 1.807) is 28.8 Å². The van der Waals surface area contributed by atoms with Gasteiger partial charge in [0.2, 0.25) is 5.91 Å². The molecule has 1 aliphatic rings. The second kappa shape index (κ2) is 7.20. The smallest absolute Gasteiger partial charge is 0.233 e. The molecule has 5 heteroatoms. The van der Waals surface area contributed by atoms with Crippen molar-refractivity contribution in [2.45, 2.75) is 18.6 Å². The summed E-state index contributed by atoms with van der Waals surface area (Å²) in [6.45, 7) is 2.81. The van der Waals surface area contributed by atoms with Gasteiger partial charge in [-0.2, -0.15) is 0 Å². The Kier molecular flexibility index (Phi) is 5.03. The van der Waals surface area contributed by atoms with Gasteiger partial charge in [-0.15, -0.1) is 0 Å². The van der Waals surface area contributed by atoms with Gasteiger partial charge < -0.3 is 0 Å². The van der Waals surface area contributed by atoms with Gasteiger partial charge in [0.1, 0.15) is 0 Å². The van der Waals surface area contributed by atoms with Crippen LogP contribution in [0.5, 0.6) is 0 Å². The van der Waals surface area contributed by atoms with Crippen LogP contribution < -0.4 is 0 Å². The number of amides is 1. The Morgan fingerprint density at radius 2 is 1.91 bits per heavy atom. The van der Waals surface area contributed by atoms with Crippen molar-refractivity contribution in [3.05, 3.63) is 65.2 Å². The number of aliphatic imine (C=N–C) groups is 1. The van der Waals surface area contributed by atoms with Crippen LogP contribution in [0, 0.1) is 0 Å². The second-order valence-electron chi connectivity index (χ2n) is 5.47. The van der Waals surface area contributed by atoms with Gasteiger partial charge >= 0.3 is 0 Å². The van der Waals surface area contributed by atoms with Crippen LogP contribution in [0.3, 0.4) is 0 Å². The molecule has 23 heavy (non-hydrogen) atoms. The van der Waals surface area contributed by atoms with Crippen molar-refractivity contribution in [2.75, 3.05) is 6.54 Å². The summed E-state index contributed by atoms with van der Waals surface area (Å²) in [6, 6.07) is 17.1. The van der Waals surface area contributed by atoms with Gasteiger partial charge in [-0.3, -0.25) is 9.69 Å². The Morgan fingerprint density at radius 1 is 1.22 bits per heavy atom. The molecule has 2 aromatic carbocycles. The quantitative estimate of drug-likeness (QED) is 0.819. The third-order valence-corrected chi connectivity index (χ3v) is 4.85. The molecule has 2 aromatic rings. The van der Waals surface area contributed by atoms with Crippen LogP contribution >= 0.6 is 23.4 Å². The number of hydrogen-bond acceptors (Lipinski definition) is 3. The van der Waals surface area contributed by atoms with Gasteiger partial charge in [0.15, 0.2) is 5.17 Å². The van der Waals surface area contributed by atoms with Crippen molar-refractivity contribution >= 4 is 40.1 Å². The Balaban J connectivity index is 1.79. The maximum atomic E-state index is 12.6. The first-order valence-corrected chi connectivity index (χ1v) is 8.73. The highest BCUT2D eigenvalue weighted by molar-refractivity contribution is 8.14. The van der Waals surface area contributed by atoms with E-state index in [1.165, 1.54) is 0 Å². The van der Waals surface area contributed by atoms with E-state index in [9.17, 15) is 4.79 Å². The Hall–Kier alpha value is -1.78. The fourth-order valence-corrected chi connectivity index (χ4v) is 3.57. The largest absolute Gasteiger partial charge is 0.290 e. The molecule has 1 amide bonds. The number of carbonyl (C=O) groups is 1. The molecule has 1 atom stereocenters. The molecule has 0 aromatic heterocycles. The number of thioether (sulfide) groups is 1. The highest BCUT2D eigenvalue weighted by Crippen LogP contribution is 2.29. The topological polar surface area (TPSA) is 32.7 Å². The van der Waals surface area contributed by atoms with E-state index in [0.29, 0.717) is 23.2 Å². The molecule has 3 nitrogen and oxygen atoms in total. The SMILES string of the molecule is C[C@H]1CN(C(=O)Cc2ccccc2)C(=Nc2ccc(Cl)cc2)S1. The van der Waals surface area contributed by atoms with Crippen molar-refractivity contribution in [3.8, 4) is 0 Å². The molecule has 0 radical (unpaired) electrons. The van der Waals surface area contributed by atoms with Gasteiger partial charge in [-0.25, -0.2) is 4.99 Å². The van der Waals surface area contributed by atoms with Gasteiger partial charge in [0, 0.05) is 16.8 Å². The number of halogens is 1. The van der Waals surface area contributed by atoms with Crippen LogP contribution in [0.15, 0.2) is 59.6 Å². The fourth-order valence-electron chi connectivity index (χ4n) is 2.40. The second-order valence-corrected chi connectivity index (χ2v) is 7.31. The minimum Gasteiger partial charge on any atom is -0.290 e. The lowest BCUT2D eigenvalue weighted by Gasteiger charge is -2.16. The minimum atomic E-state index is 0.0840. The number of rotatable bonds is 3. The highest BCUT2D eigenvalue weighted by atomic mass is 35.5. The number of amidine groups is 1. The molecular formula is C18H17ClN2OS. The predicted octanol–water partition coefficient (Wildman–Crippen LogP) is 4.53. The zero-order valence-corrected chi connectivity index (χ0v) is 14.3. The molecule has 3 rings (SSSR count). The van der Waals surface area contributed by atoms with E-state index < -0.39 is 0 Å². The molecule has 1 aliphatic heterocycles. The van der Waals surface area contributed by atoms with E-state index in [4.69, 9.17) is 11.6 Å². The highest BCUT2D eigenvalue weighted by Gasteiger charge is 2.30. The van der Waals surface area contributed by atoms with Crippen molar-refractivity contribution < 1.29 is 4.79 Å². The van der Waals surface area contributed by atoms with Crippen LogP contribution in [0.2, 0.25) is 5.02 Å². The Morgan fingerprint density at radius 3 is 2.61 bits per heavy atom. The summed E-state index contributed by atoms with van der Waals surface area (Å²) in [7, 11) is 0. The first-order chi connectivity index (χ1) is 11.1. The zero-order valence-electron chi connectivity index (χ0n) is 12.8. The molecule has 1 saturated heterocycles. The summed E-state index contributed by atoms with van der Waals surface area (Å²) in [5, 5.41) is 1.79. The standard InChI is InChI=1S/C18H17ClN2OS/c1-13-12-21(17(22)11-14-5-3-2-4-6-14)18(23-13)20-16-9-7-15(19)8-10-16/h2-10,13H,11-12H2,1H3/t13-/m0/s1. The molecule has 0 unspecified atom stereocenters. The normalized spacial score (nSPS) is 19.3. The Bertz CT molecular complexity index is 716. The summed E-state index contributed by atoms with van der Waals surface area (Å²) in [6.07, 6.45) is 0.397. The van der Waals surface area contributed by atoms with Crippen molar-refractivity contribution in [1.82, 2.24) is 4.90 Å². The van der Waals surface area contributed by atoms with Crippen LogP contribution in [0.25, 0.3) is 0 Å². The number of carbonyl (C=O) groups excluding carboxylic acids is 1. The van der Waals surface area contributed by atoms with Gasteiger partial charge in [-0.05, 0) is 29.8 Å². The van der Waals surface area contributed by atoms with Crippen LogP contribution in [-0.4, -0.2) is 27.8 Å². The van der Waals surface area contributed by atoms with Crippen molar-refractivity contribution in [2.24, 2.45) is 4.99 Å². The lowest BCUT2D eigenvalue weighted by atomic mass is 10.1. The zero-order chi connectivity index (χ0) is 16.2. The van der Waals surface area contributed by atoms with E-state index in [1.807, 2.05) is 42.5 Å². The van der Waals surface area contributed by atoms with Crippen molar-refractivity contribution in [3.63, 3.8) is 0 Å². The van der Waals surface area contributed by atoms with E-state index in [0.717, 1.165) is 16.4 Å². The average molecular weight is 345 g/mol. The van der Waals surface area contributed by atoms with Crippen LogP contribution in [0.1, 0.15) is 12.5 Å². The van der Waals surface area contributed by atoms with Gasteiger partial charge in [-0.1, -0.05) is 60.6 Å². The van der Waals surface area contributed by atoms with Crippen LogP contribution in [0.4, 0.5) is 5.69 Å².